The monoisotopic (exact) mass is 276 g/mol. The molecule has 0 aliphatic heterocycles. The van der Waals surface area contributed by atoms with E-state index < -0.39 is 0 Å². The summed E-state index contributed by atoms with van der Waals surface area (Å²) in [6.45, 7) is 3.01. The van der Waals surface area contributed by atoms with Crippen molar-refractivity contribution in [1.29, 1.82) is 5.26 Å². The fourth-order valence-corrected chi connectivity index (χ4v) is 2.54. The van der Waals surface area contributed by atoms with Crippen LogP contribution in [0.2, 0.25) is 0 Å². The van der Waals surface area contributed by atoms with Gasteiger partial charge in [0.2, 0.25) is 0 Å². The molecule has 0 spiro atoms. The number of rotatable bonds is 4. The molecule has 0 atom stereocenters. The fraction of sp³-hybridized carbons (Fsp3) is 0.176. The van der Waals surface area contributed by atoms with Gasteiger partial charge in [0, 0.05) is 30.5 Å². The van der Waals surface area contributed by atoms with Crippen LogP contribution in [-0.4, -0.2) is 16.2 Å². The minimum Gasteiger partial charge on any atom is -0.281 e. The van der Waals surface area contributed by atoms with E-state index in [-0.39, 0.29) is 0 Å². The Bertz CT molecular complexity index is 783. The van der Waals surface area contributed by atoms with Crippen LogP contribution in [0.15, 0.2) is 55.0 Å². The molecule has 4 nitrogen and oxygen atoms in total. The zero-order valence-electron chi connectivity index (χ0n) is 11.9. The molecule has 0 aliphatic rings. The van der Waals surface area contributed by atoms with Crippen LogP contribution < -0.4 is 5.01 Å². The number of hydrogen-bond acceptors (Lipinski definition) is 3. The molecule has 104 valence electrons. The molecule has 0 saturated carbocycles. The lowest BCUT2D eigenvalue weighted by molar-refractivity contribution is 0.695. The van der Waals surface area contributed by atoms with Gasteiger partial charge in [-0.2, -0.15) is 5.26 Å². The van der Waals surface area contributed by atoms with Gasteiger partial charge in [-0.1, -0.05) is 25.1 Å². The normalized spacial score (nSPS) is 10.5. The third-order valence-corrected chi connectivity index (χ3v) is 3.47. The molecule has 0 aliphatic carbocycles. The highest BCUT2D eigenvalue weighted by atomic mass is 15.5. The van der Waals surface area contributed by atoms with Crippen LogP contribution >= 0.6 is 0 Å². The molecule has 1 aromatic carbocycles. The number of fused-ring (bicyclic) bond motifs is 1. The van der Waals surface area contributed by atoms with Crippen LogP contribution in [0.1, 0.15) is 18.9 Å². The van der Waals surface area contributed by atoms with Gasteiger partial charge in [-0.3, -0.25) is 14.7 Å². The van der Waals surface area contributed by atoms with Gasteiger partial charge < -0.3 is 0 Å². The van der Waals surface area contributed by atoms with Crippen LogP contribution in [0.25, 0.3) is 10.9 Å². The van der Waals surface area contributed by atoms with Gasteiger partial charge in [0.15, 0.2) is 0 Å². The first-order chi connectivity index (χ1) is 10.3. The number of aromatic nitrogens is 2. The summed E-state index contributed by atoms with van der Waals surface area (Å²) in [5, 5.41) is 12.5. The van der Waals surface area contributed by atoms with Crippen molar-refractivity contribution in [3.63, 3.8) is 0 Å². The minimum atomic E-state index is 0.695. The molecule has 4 heteroatoms. The predicted octanol–water partition coefficient (Wildman–Crippen LogP) is 3.59. The lowest BCUT2D eigenvalue weighted by atomic mass is 10.2. The first kappa shape index (κ1) is 13.2. The highest BCUT2D eigenvalue weighted by Gasteiger charge is 2.14. The van der Waals surface area contributed by atoms with Crippen molar-refractivity contribution >= 4 is 16.6 Å². The van der Waals surface area contributed by atoms with E-state index in [1.54, 1.807) is 12.4 Å². The first-order valence-corrected chi connectivity index (χ1v) is 7.03. The second kappa shape index (κ2) is 5.68. The Labute approximate surface area is 123 Å². The first-order valence-electron chi connectivity index (χ1n) is 7.03. The molecular formula is C17H16N4. The fourth-order valence-electron chi connectivity index (χ4n) is 2.54. The molecular weight excluding hydrogens is 260 g/mol. The highest BCUT2D eigenvalue weighted by Crippen LogP contribution is 2.24. The third-order valence-electron chi connectivity index (χ3n) is 3.47. The summed E-state index contributed by atoms with van der Waals surface area (Å²) >= 11 is 0. The summed E-state index contributed by atoms with van der Waals surface area (Å²) in [4.78, 5) is 4.08. The maximum Gasteiger partial charge on any atom is 0.101 e. The number of nitriles is 1. The van der Waals surface area contributed by atoms with E-state index in [2.05, 4.69) is 27.7 Å². The van der Waals surface area contributed by atoms with Gasteiger partial charge >= 0.3 is 0 Å². The molecule has 0 amide bonds. The number of nitrogens with zero attached hydrogens (tertiary/aromatic N) is 4. The molecule has 21 heavy (non-hydrogen) atoms. The van der Waals surface area contributed by atoms with E-state index >= 15 is 0 Å². The lowest BCUT2D eigenvalue weighted by Gasteiger charge is -2.26. The van der Waals surface area contributed by atoms with Crippen LogP contribution in [0.5, 0.6) is 0 Å². The quantitative estimate of drug-likeness (QED) is 0.731. The van der Waals surface area contributed by atoms with Crippen molar-refractivity contribution in [2.45, 2.75) is 13.3 Å². The second-order valence-corrected chi connectivity index (χ2v) is 4.84. The average Bonchev–Trinajstić information content (AvgIpc) is 2.92. The molecule has 0 fully saturated rings. The van der Waals surface area contributed by atoms with Crippen molar-refractivity contribution < 1.29 is 0 Å². The van der Waals surface area contributed by atoms with Crippen LogP contribution in [0, 0.1) is 11.3 Å². The number of anilines is 1. The van der Waals surface area contributed by atoms with Crippen LogP contribution in [0.4, 0.5) is 5.69 Å². The zero-order valence-corrected chi connectivity index (χ0v) is 11.9. The summed E-state index contributed by atoms with van der Waals surface area (Å²) in [5.74, 6) is 0. The van der Waals surface area contributed by atoms with Crippen molar-refractivity contribution in [3.05, 3.63) is 60.6 Å². The zero-order chi connectivity index (χ0) is 14.7. The van der Waals surface area contributed by atoms with E-state index in [1.165, 1.54) is 0 Å². The summed E-state index contributed by atoms with van der Waals surface area (Å²) in [5.41, 5.74) is 2.80. The molecule has 0 saturated heterocycles. The third kappa shape index (κ3) is 2.34. The van der Waals surface area contributed by atoms with Gasteiger partial charge in [-0.05, 0) is 24.6 Å². The Balaban J connectivity index is 2.19. The Hall–Kier alpha value is -2.80. The number of pyridine rings is 1. The van der Waals surface area contributed by atoms with Crippen LogP contribution in [0.3, 0.4) is 0 Å². The standard InChI is InChI=1S/C17H16N4/c1-2-11-20(15-7-9-19-10-8-15)21-13-14(12-18)16-5-3-4-6-17(16)21/h3-10,13H,2,11H2,1H3. The lowest BCUT2D eigenvalue weighted by Crippen LogP contribution is -2.29. The molecule has 0 N–H and O–H groups in total. The van der Waals surface area contributed by atoms with Crippen molar-refractivity contribution in [1.82, 2.24) is 9.66 Å². The maximum atomic E-state index is 9.34. The van der Waals surface area contributed by atoms with Gasteiger partial charge in [-0.15, -0.1) is 0 Å². The van der Waals surface area contributed by atoms with Gasteiger partial charge in [-0.25, -0.2) is 0 Å². The summed E-state index contributed by atoms with van der Waals surface area (Å²) in [6, 6.07) is 14.2. The molecule has 0 unspecified atom stereocenters. The Morgan fingerprint density at radius 3 is 2.67 bits per heavy atom. The van der Waals surface area contributed by atoms with E-state index in [0.717, 1.165) is 29.6 Å². The van der Waals surface area contributed by atoms with E-state index in [9.17, 15) is 5.26 Å². The van der Waals surface area contributed by atoms with Crippen LogP contribution in [-0.2, 0) is 0 Å². The number of benzene rings is 1. The predicted molar refractivity (Wildman–Crippen MR) is 83.9 cm³/mol. The van der Waals surface area contributed by atoms with E-state index in [4.69, 9.17) is 0 Å². The van der Waals surface area contributed by atoms with E-state index in [0.29, 0.717) is 5.56 Å². The van der Waals surface area contributed by atoms with Crippen molar-refractivity contribution in [2.24, 2.45) is 0 Å². The minimum absolute atomic E-state index is 0.695. The summed E-state index contributed by atoms with van der Waals surface area (Å²) in [6.07, 6.45) is 6.49. The van der Waals surface area contributed by atoms with E-state index in [1.807, 2.05) is 42.6 Å². The van der Waals surface area contributed by atoms with Gasteiger partial charge in [0.1, 0.15) is 6.07 Å². The maximum absolute atomic E-state index is 9.34. The molecule has 0 radical (unpaired) electrons. The SMILES string of the molecule is CCCN(c1ccncc1)n1cc(C#N)c2ccccc21. The second-order valence-electron chi connectivity index (χ2n) is 4.84. The molecule has 3 aromatic rings. The average molecular weight is 276 g/mol. The molecule has 2 heterocycles. The van der Waals surface area contributed by atoms with Gasteiger partial charge in [0.25, 0.3) is 0 Å². The number of hydrogen-bond donors (Lipinski definition) is 0. The van der Waals surface area contributed by atoms with Gasteiger partial charge in [0.05, 0.1) is 16.8 Å². The van der Waals surface area contributed by atoms with Crippen molar-refractivity contribution in [3.8, 4) is 6.07 Å². The highest BCUT2D eigenvalue weighted by molar-refractivity contribution is 5.87. The summed E-state index contributed by atoms with van der Waals surface area (Å²) in [7, 11) is 0. The summed E-state index contributed by atoms with van der Waals surface area (Å²) < 4.78 is 2.06. The molecule has 3 rings (SSSR count). The smallest absolute Gasteiger partial charge is 0.101 e. The topological polar surface area (TPSA) is 44.9 Å². The Morgan fingerprint density at radius 1 is 1.19 bits per heavy atom. The molecule has 2 aromatic heterocycles. The molecule has 0 bridgehead atoms. The van der Waals surface area contributed by atoms with Crippen molar-refractivity contribution in [2.75, 3.05) is 11.6 Å². The number of para-hydroxylation sites is 1. The Kier molecular flexibility index (Phi) is 3.57. The largest absolute Gasteiger partial charge is 0.281 e. The Morgan fingerprint density at radius 2 is 1.95 bits per heavy atom.